The molecule has 3 unspecified atom stereocenters. The molecular weight excluding hydrogens is 324 g/mol. The van der Waals surface area contributed by atoms with E-state index < -0.39 is 10.0 Å². The summed E-state index contributed by atoms with van der Waals surface area (Å²) in [6.07, 6.45) is 4.63. The fourth-order valence-electron chi connectivity index (χ4n) is 3.95. The van der Waals surface area contributed by atoms with E-state index in [1.54, 1.807) is 31.3 Å². The van der Waals surface area contributed by atoms with E-state index in [4.69, 9.17) is 0 Å². The van der Waals surface area contributed by atoms with Crippen LogP contribution in [0, 0.1) is 17.8 Å². The van der Waals surface area contributed by atoms with Gasteiger partial charge in [-0.05, 0) is 69.2 Å². The van der Waals surface area contributed by atoms with Crippen molar-refractivity contribution in [1.82, 2.24) is 4.31 Å². The number of carbonyl (C=O) groups is 1. The van der Waals surface area contributed by atoms with Gasteiger partial charge in [0.15, 0.2) is 0 Å². The molecule has 5 nitrogen and oxygen atoms in total. The lowest BCUT2D eigenvalue weighted by molar-refractivity contribution is -0.121. The third-order valence-electron chi connectivity index (χ3n) is 5.60. The molecule has 24 heavy (non-hydrogen) atoms. The van der Waals surface area contributed by atoms with Crippen LogP contribution in [-0.4, -0.2) is 31.7 Å². The second-order valence-electron chi connectivity index (χ2n) is 7.41. The summed E-state index contributed by atoms with van der Waals surface area (Å²) in [4.78, 5) is 12.7. The van der Waals surface area contributed by atoms with Gasteiger partial charge in [0.2, 0.25) is 15.9 Å². The first-order valence-corrected chi connectivity index (χ1v) is 10.1. The van der Waals surface area contributed by atoms with Crippen LogP contribution in [0.1, 0.15) is 39.5 Å². The quantitative estimate of drug-likeness (QED) is 0.887. The van der Waals surface area contributed by atoms with Crippen molar-refractivity contribution < 1.29 is 13.2 Å². The van der Waals surface area contributed by atoms with Crippen LogP contribution in [-0.2, 0) is 14.8 Å². The van der Waals surface area contributed by atoms with Crippen molar-refractivity contribution in [3.8, 4) is 0 Å². The summed E-state index contributed by atoms with van der Waals surface area (Å²) in [5.41, 5.74) is 0.661. The molecule has 0 aromatic heterocycles. The number of rotatable bonds is 5. The average Bonchev–Trinajstić information content (AvgIpc) is 3.17. The van der Waals surface area contributed by atoms with Gasteiger partial charge in [-0.15, -0.1) is 0 Å². The Labute approximate surface area is 144 Å². The van der Waals surface area contributed by atoms with Gasteiger partial charge in [0.1, 0.15) is 0 Å². The molecule has 1 amide bonds. The summed E-state index contributed by atoms with van der Waals surface area (Å²) >= 11 is 0. The van der Waals surface area contributed by atoms with Gasteiger partial charge in [0.05, 0.1) is 4.90 Å². The first kappa shape index (κ1) is 17.4. The first-order chi connectivity index (χ1) is 11.3. The topological polar surface area (TPSA) is 66.5 Å². The fraction of sp³-hybridized carbons (Fsp3) is 0.611. The van der Waals surface area contributed by atoms with E-state index in [0.29, 0.717) is 11.6 Å². The Hall–Kier alpha value is -1.40. The number of nitrogens with one attached hydrogen (secondary N) is 1. The molecule has 0 radical (unpaired) electrons. The van der Waals surface area contributed by atoms with E-state index in [1.165, 1.54) is 23.6 Å². The smallest absolute Gasteiger partial charge is 0.243 e. The van der Waals surface area contributed by atoms with Crippen molar-refractivity contribution in [3.05, 3.63) is 24.3 Å². The molecule has 2 bridgehead atoms. The van der Waals surface area contributed by atoms with E-state index in [0.717, 1.165) is 12.3 Å². The SMILES string of the molecule is CC(C)N(C)S(=O)(=O)c1ccc(NC(=O)C2CC3CCC2C3)cc1. The summed E-state index contributed by atoms with van der Waals surface area (Å²) < 4.78 is 26.2. The molecule has 1 aromatic rings. The second kappa shape index (κ2) is 6.48. The third kappa shape index (κ3) is 3.22. The Morgan fingerprint density at radius 1 is 1.17 bits per heavy atom. The van der Waals surface area contributed by atoms with Crippen molar-refractivity contribution in [2.45, 2.75) is 50.5 Å². The van der Waals surface area contributed by atoms with Crippen LogP contribution in [0.4, 0.5) is 5.69 Å². The zero-order valence-electron chi connectivity index (χ0n) is 14.5. The molecule has 132 valence electrons. The summed E-state index contributed by atoms with van der Waals surface area (Å²) in [6.45, 7) is 3.67. The minimum Gasteiger partial charge on any atom is -0.326 e. The number of hydrogen-bond donors (Lipinski definition) is 1. The molecule has 0 heterocycles. The molecule has 0 saturated heterocycles. The second-order valence-corrected chi connectivity index (χ2v) is 9.41. The molecule has 0 spiro atoms. The summed E-state index contributed by atoms with van der Waals surface area (Å²) in [5.74, 6) is 1.47. The molecule has 1 aromatic carbocycles. The number of benzene rings is 1. The Morgan fingerprint density at radius 2 is 1.83 bits per heavy atom. The number of sulfonamides is 1. The number of nitrogens with zero attached hydrogens (tertiary/aromatic N) is 1. The molecule has 3 atom stereocenters. The molecule has 1 N–H and O–H groups in total. The molecule has 2 aliphatic rings. The van der Waals surface area contributed by atoms with Gasteiger partial charge < -0.3 is 5.32 Å². The Bertz CT molecular complexity index is 712. The number of anilines is 1. The maximum atomic E-state index is 12.4. The van der Waals surface area contributed by atoms with E-state index in [1.807, 2.05) is 13.8 Å². The number of amides is 1. The first-order valence-electron chi connectivity index (χ1n) is 8.68. The fourth-order valence-corrected chi connectivity index (χ4v) is 5.32. The highest BCUT2D eigenvalue weighted by molar-refractivity contribution is 7.89. The number of fused-ring (bicyclic) bond motifs is 2. The van der Waals surface area contributed by atoms with Gasteiger partial charge in [-0.25, -0.2) is 8.42 Å². The minimum absolute atomic E-state index is 0.0807. The Kier molecular flexibility index (Phi) is 4.71. The summed E-state index contributed by atoms with van der Waals surface area (Å²) in [7, 11) is -1.91. The monoisotopic (exact) mass is 350 g/mol. The molecule has 2 fully saturated rings. The van der Waals surface area contributed by atoms with Gasteiger partial charge in [-0.2, -0.15) is 4.31 Å². The molecule has 6 heteroatoms. The highest BCUT2D eigenvalue weighted by Crippen LogP contribution is 2.48. The lowest BCUT2D eigenvalue weighted by atomic mass is 9.88. The normalized spacial score (nSPS) is 26.3. The third-order valence-corrected chi connectivity index (χ3v) is 7.65. The van der Waals surface area contributed by atoms with E-state index in [9.17, 15) is 13.2 Å². The van der Waals surface area contributed by atoms with Crippen LogP contribution in [0.2, 0.25) is 0 Å². The predicted molar refractivity (Wildman–Crippen MR) is 94.1 cm³/mol. The van der Waals surface area contributed by atoms with Crippen molar-refractivity contribution in [2.75, 3.05) is 12.4 Å². The maximum Gasteiger partial charge on any atom is 0.243 e. The standard InChI is InChI=1S/C18H26N2O3S/c1-12(2)20(3)24(22,23)16-8-6-15(7-9-16)19-18(21)17-11-13-4-5-14(17)10-13/h6-9,12-14,17H,4-5,10-11H2,1-3H3,(H,19,21). The lowest BCUT2D eigenvalue weighted by Gasteiger charge is -2.22. The van der Waals surface area contributed by atoms with Crippen LogP contribution in [0.25, 0.3) is 0 Å². The predicted octanol–water partition coefficient (Wildman–Crippen LogP) is 3.09. The van der Waals surface area contributed by atoms with E-state index >= 15 is 0 Å². The highest BCUT2D eigenvalue weighted by atomic mass is 32.2. The van der Waals surface area contributed by atoms with Crippen LogP contribution in [0.3, 0.4) is 0 Å². The largest absolute Gasteiger partial charge is 0.326 e. The van der Waals surface area contributed by atoms with Crippen LogP contribution < -0.4 is 5.32 Å². The molecule has 0 aliphatic heterocycles. The molecular formula is C18H26N2O3S. The van der Waals surface area contributed by atoms with Crippen LogP contribution in [0.15, 0.2) is 29.2 Å². The highest BCUT2D eigenvalue weighted by Gasteiger charge is 2.43. The zero-order valence-corrected chi connectivity index (χ0v) is 15.3. The van der Waals surface area contributed by atoms with Gasteiger partial charge in [0.25, 0.3) is 0 Å². The van der Waals surface area contributed by atoms with E-state index in [2.05, 4.69) is 5.32 Å². The van der Waals surface area contributed by atoms with Crippen LogP contribution in [0.5, 0.6) is 0 Å². The zero-order chi connectivity index (χ0) is 17.5. The molecule has 3 rings (SSSR count). The van der Waals surface area contributed by atoms with Gasteiger partial charge in [0, 0.05) is 24.7 Å². The Balaban J connectivity index is 1.68. The van der Waals surface area contributed by atoms with Crippen molar-refractivity contribution in [3.63, 3.8) is 0 Å². The van der Waals surface area contributed by atoms with Gasteiger partial charge >= 0.3 is 0 Å². The average molecular weight is 350 g/mol. The summed E-state index contributed by atoms with van der Waals surface area (Å²) in [5, 5.41) is 2.95. The van der Waals surface area contributed by atoms with Crippen molar-refractivity contribution >= 4 is 21.6 Å². The van der Waals surface area contributed by atoms with Crippen molar-refractivity contribution in [1.29, 1.82) is 0 Å². The molecule has 2 aliphatic carbocycles. The maximum absolute atomic E-state index is 12.4. The lowest BCUT2D eigenvalue weighted by Crippen LogP contribution is -2.33. The van der Waals surface area contributed by atoms with Crippen LogP contribution >= 0.6 is 0 Å². The minimum atomic E-state index is -3.49. The Morgan fingerprint density at radius 3 is 2.33 bits per heavy atom. The number of hydrogen-bond acceptors (Lipinski definition) is 3. The van der Waals surface area contributed by atoms with E-state index in [-0.39, 0.29) is 22.8 Å². The molecule has 2 saturated carbocycles. The van der Waals surface area contributed by atoms with Gasteiger partial charge in [-0.1, -0.05) is 6.42 Å². The number of carbonyl (C=O) groups excluding carboxylic acids is 1. The van der Waals surface area contributed by atoms with Gasteiger partial charge in [-0.3, -0.25) is 4.79 Å². The van der Waals surface area contributed by atoms with Crippen molar-refractivity contribution in [2.24, 2.45) is 17.8 Å². The summed E-state index contributed by atoms with van der Waals surface area (Å²) in [6, 6.07) is 6.36.